The Kier molecular flexibility index (Phi) is 5.21. The Morgan fingerprint density at radius 2 is 1.95 bits per heavy atom. The number of nitrogens with zero attached hydrogens (tertiary/aromatic N) is 2. The second-order valence-corrected chi connectivity index (χ2v) is 5.73. The summed E-state index contributed by atoms with van der Waals surface area (Å²) in [5.74, 6) is 0. The predicted molar refractivity (Wildman–Crippen MR) is 84.5 cm³/mol. The molecule has 1 heterocycles. The highest BCUT2D eigenvalue weighted by molar-refractivity contribution is 6.30. The molecule has 108 valence electrons. The zero-order chi connectivity index (χ0) is 14.5. The molecule has 0 aliphatic carbocycles. The summed E-state index contributed by atoms with van der Waals surface area (Å²) in [4.78, 5) is 0. The molecule has 0 spiro atoms. The van der Waals surface area contributed by atoms with Crippen molar-refractivity contribution in [2.24, 2.45) is 0 Å². The van der Waals surface area contributed by atoms with Crippen LogP contribution in [-0.2, 0) is 13.0 Å². The molecule has 3 nitrogen and oxygen atoms in total. The van der Waals surface area contributed by atoms with Crippen molar-refractivity contribution in [3.05, 3.63) is 46.7 Å². The fraction of sp³-hybridized carbons (Fsp3) is 0.438. The maximum atomic E-state index is 5.95. The van der Waals surface area contributed by atoms with E-state index in [-0.39, 0.29) is 0 Å². The SMILES string of the molecule is CCCc1c(CNC(C)C)cnn1-c1ccc(Cl)cc1. The van der Waals surface area contributed by atoms with Crippen LogP contribution >= 0.6 is 11.6 Å². The van der Waals surface area contributed by atoms with Crippen molar-refractivity contribution in [3.63, 3.8) is 0 Å². The number of hydrogen-bond acceptors (Lipinski definition) is 2. The summed E-state index contributed by atoms with van der Waals surface area (Å²) in [5, 5.41) is 8.76. The van der Waals surface area contributed by atoms with E-state index in [0.717, 1.165) is 30.1 Å². The minimum absolute atomic E-state index is 0.475. The third-order valence-electron chi connectivity index (χ3n) is 3.21. The average Bonchev–Trinajstić information content (AvgIpc) is 2.81. The molecule has 2 aromatic rings. The molecule has 2 rings (SSSR count). The highest BCUT2D eigenvalue weighted by Gasteiger charge is 2.11. The van der Waals surface area contributed by atoms with Gasteiger partial charge in [-0.05, 0) is 30.7 Å². The molecule has 0 fully saturated rings. The van der Waals surface area contributed by atoms with Crippen LogP contribution in [0.1, 0.15) is 38.4 Å². The van der Waals surface area contributed by atoms with Gasteiger partial charge in [-0.3, -0.25) is 0 Å². The lowest BCUT2D eigenvalue weighted by Gasteiger charge is -2.11. The summed E-state index contributed by atoms with van der Waals surface area (Å²) >= 11 is 5.95. The molecule has 0 unspecified atom stereocenters. The Hall–Kier alpha value is -1.32. The number of halogens is 1. The minimum atomic E-state index is 0.475. The van der Waals surface area contributed by atoms with Gasteiger partial charge in [-0.15, -0.1) is 0 Å². The van der Waals surface area contributed by atoms with E-state index in [0.29, 0.717) is 6.04 Å². The van der Waals surface area contributed by atoms with Gasteiger partial charge in [-0.2, -0.15) is 5.10 Å². The normalized spacial score (nSPS) is 11.2. The zero-order valence-corrected chi connectivity index (χ0v) is 13.1. The summed E-state index contributed by atoms with van der Waals surface area (Å²) < 4.78 is 2.02. The molecule has 4 heteroatoms. The van der Waals surface area contributed by atoms with Crippen molar-refractivity contribution >= 4 is 11.6 Å². The third-order valence-corrected chi connectivity index (χ3v) is 3.47. The number of aromatic nitrogens is 2. The van der Waals surface area contributed by atoms with Crippen LogP contribution in [0, 0.1) is 0 Å². The molecule has 1 aromatic carbocycles. The largest absolute Gasteiger partial charge is 0.310 e. The second kappa shape index (κ2) is 6.91. The van der Waals surface area contributed by atoms with Crippen LogP contribution in [0.25, 0.3) is 5.69 Å². The predicted octanol–water partition coefficient (Wildman–Crippen LogP) is 3.98. The summed E-state index contributed by atoms with van der Waals surface area (Å²) in [5.41, 5.74) is 3.62. The quantitative estimate of drug-likeness (QED) is 0.872. The van der Waals surface area contributed by atoms with E-state index in [1.165, 1.54) is 11.3 Å². The van der Waals surface area contributed by atoms with Crippen LogP contribution in [0.4, 0.5) is 0 Å². The standard InChI is InChI=1S/C16H22ClN3/c1-4-5-16-13(10-18-12(2)3)11-19-20(16)15-8-6-14(17)7-9-15/h6-9,11-12,18H,4-5,10H2,1-3H3. The molecular weight excluding hydrogens is 270 g/mol. The lowest BCUT2D eigenvalue weighted by molar-refractivity contribution is 0.585. The van der Waals surface area contributed by atoms with Gasteiger partial charge >= 0.3 is 0 Å². The van der Waals surface area contributed by atoms with Crippen molar-refractivity contribution in [2.45, 2.75) is 46.2 Å². The van der Waals surface area contributed by atoms with Crippen LogP contribution in [0.15, 0.2) is 30.5 Å². The molecule has 20 heavy (non-hydrogen) atoms. The fourth-order valence-electron chi connectivity index (χ4n) is 2.18. The average molecular weight is 292 g/mol. The van der Waals surface area contributed by atoms with Crippen molar-refractivity contribution in [3.8, 4) is 5.69 Å². The summed E-state index contributed by atoms with van der Waals surface area (Å²) in [6.45, 7) is 7.37. The number of rotatable bonds is 6. The molecule has 0 aliphatic heterocycles. The second-order valence-electron chi connectivity index (χ2n) is 5.29. The third kappa shape index (κ3) is 3.62. The molecule has 0 bridgehead atoms. The molecule has 0 saturated heterocycles. The zero-order valence-electron chi connectivity index (χ0n) is 12.4. The highest BCUT2D eigenvalue weighted by Crippen LogP contribution is 2.19. The first-order valence-electron chi connectivity index (χ1n) is 7.17. The van der Waals surface area contributed by atoms with Crippen LogP contribution in [0.5, 0.6) is 0 Å². The van der Waals surface area contributed by atoms with Crippen molar-refractivity contribution in [2.75, 3.05) is 0 Å². The molecule has 1 N–H and O–H groups in total. The number of benzene rings is 1. The van der Waals surface area contributed by atoms with Gasteiger partial charge in [0, 0.05) is 28.9 Å². The molecule has 0 saturated carbocycles. The Balaban J connectivity index is 2.30. The first-order chi connectivity index (χ1) is 9.61. The van der Waals surface area contributed by atoms with E-state index in [4.69, 9.17) is 11.6 Å². The number of hydrogen-bond donors (Lipinski definition) is 1. The summed E-state index contributed by atoms with van der Waals surface area (Å²) in [7, 11) is 0. The van der Waals surface area contributed by atoms with Crippen LogP contribution in [-0.4, -0.2) is 15.8 Å². The van der Waals surface area contributed by atoms with Gasteiger partial charge in [0.25, 0.3) is 0 Å². The van der Waals surface area contributed by atoms with E-state index >= 15 is 0 Å². The minimum Gasteiger partial charge on any atom is -0.310 e. The maximum Gasteiger partial charge on any atom is 0.0649 e. The van der Waals surface area contributed by atoms with E-state index in [2.05, 4.69) is 31.2 Å². The van der Waals surface area contributed by atoms with Gasteiger partial charge < -0.3 is 5.32 Å². The van der Waals surface area contributed by atoms with Crippen molar-refractivity contribution in [1.29, 1.82) is 0 Å². The molecule has 0 radical (unpaired) electrons. The molecule has 1 aromatic heterocycles. The maximum absolute atomic E-state index is 5.95. The summed E-state index contributed by atoms with van der Waals surface area (Å²) in [6, 6.07) is 8.30. The van der Waals surface area contributed by atoms with Gasteiger partial charge in [0.2, 0.25) is 0 Å². The van der Waals surface area contributed by atoms with Crippen LogP contribution in [0.2, 0.25) is 5.02 Å². The van der Waals surface area contributed by atoms with Crippen LogP contribution < -0.4 is 5.32 Å². The monoisotopic (exact) mass is 291 g/mol. The molecule has 0 aliphatic rings. The fourth-order valence-corrected chi connectivity index (χ4v) is 2.30. The first-order valence-corrected chi connectivity index (χ1v) is 7.54. The summed E-state index contributed by atoms with van der Waals surface area (Å²) in [6.07, 6.45) is 4.10. The Bertz CT molecular complexity index is 543. The van der Waals surface area contributed by atoms with Gasteiger partial charge in [-0.1, -0.05) is 38.8 Å². The Labute approximate surface area is 126 Å². The van der Waals surface area contributed by atoms with Gasteiger partial charge in [0.05, 0.1) is 11.9 Å². The lowest BCUT2D eigenvalue weighted by Crippen LogP contribution is -2.22. The molecule has 0 amide bonds. The lowest BCUT2D eigenvalue weighted by atomic mass is 10.1. The van der Waals surface area contributed by atoms with Gasteiger partial charge in [-0.25, -0.2) is 4.68 Å². The highest BCUT2D eigenvalue weighted by atomic mass is 35.5. The van der Waals surface area contributed by atoms with E-state index in [9.17, 15) is 0 Å². The molecule has 0 atom stereocenters. The van der Waals surface area contributed by atoms with E-state index in [1.54, 1.807) is 0 Å². The van der Waals surface area contributed by atoms with E-state index in [1.807, 2.05) is 35.1 Å². The van der Waals surface area contributed by atoms with Crippen molar-refractivity contribution < 1.29 is 0 Å². The topological polar surface area (TPSA) is 29.9 Å². The van der Waals surface area contributed by atoms with Gasteiger partial charge in [0.15, 0.2) is 0 Å². The molecular formula is C16H22ClN3. The van der Waals surface area contributed by atoms with E-state index < -0.39 is 0 Å². The first kappa shape index (κ1) is 15.1. The Morgan fingerprint density at radius 1 is 1.25 bits per heavy atom. The smallest absolute Gasteiger partial charge is 0.0649 e. The van der Waals surface area contributed by atoms with Gasteiger partial charge in [0.1, 0.15) is 0 Å². The number of nitrogens with one attached hydrogen (secondary N) is 1. The van der Waals surface area contributed by atoms with Crippen molar-refractivity contribution in [1.82, 2.24) is 15.1 Å². The Morgan fingerprint density at radius 3 is 2.55 bits per heavy atom. The van der Waals surface area contributed by atoms with Crippen LogP contribution in [0.3, 0.4) is 0 Å².